The second kappa shape index (κ2) is 5.50. The minimum Gasteiger partial charge on any atom is -0.367 e. The van der Waals surface area contributed by atoms with Crippen LogP contribution in [0.25, 0.3) is 0 Å². The van der Waals surface area contributed by atoms with Crippen LogP contribution in [-0.4, -0.2) is 11.0 Å². The Morgan fingerprint density at radius 2 is 2.07 bits per heavy atom. The predicted molar refractivity (Wildman–Crippen MR) is 69.2 cm³/mol. The molecule has 1 N–H and O–H groups in total. The Bertz CT molecular complexity index is 323. The minimum absolute atomic E-state index is 0.455. The van der Waals surface area contributed by atoms with Crippen LogP contribution in [0.5, 0.6) is 0 Å². The van der Waals surface area contributed by atoms with Crippen molar-refractivity contribution in [1.82, 2.24) is 4.98 Å². The summed E-state index contributed by atoms with van der Waals surface area (Å²) in [4.78, 5) is 4.37. The molecule has 1 aromatic heterocycles. The molecule has 0 aliphatic rings. The number of hydrogen-bond donors (Lipinski definition) is 1. The Labute approximate surface area is 101 Å². The Morgan fingerprint density at radius 3 is 2.60 bits per heavy atom. The molecule has 84 valence electrons. The third-order valence-corrected chi connectivity index (χ3v) is 2.79. The van der Waals surface area contributed by atoms with Gasteiger partial charge in [-0.2, -0.15) is 0 Å². The van der Waals surface area contributed by atoms with Crippen molar-refractivity contribution in [3.63, 3.8) is 0 Å². The summed E-state index contributed by atoms with van der Waals surface area (Å²) in [5.74, 6) is 1.64. The molecule has 0 aliphatic carbocycles. The van der Waals surface area contributed by atoms with Gasteiger partial charge in [0, 0.05) is 12.2 Å². The van der Waals surface area contributed by atoms with Crippen molar-refractivity contribution in [1.29, 1.82) is 0 Å². The van der Waals surface area contributed by atoms with Gasteiger partial charge in [-0.05, 0) is 53.7 Å². The standard InChI is InChI=1S/C12H19BrN2/c1-8(2)5-10(4)15-12-11(13)6-9(3)7-14-12/h6-8,10H,5H2,1-4H3,(H,14,15). The smallest absolute Gasteiger partial charge is 0.140 e. The van der Waals surface area contributed by atoms with E-state index >= 15 is 0 Å². The molecule has 1 aromatic rings. The molecule has 1 heterocycles. The molecule has 0 amide bonds. The van der Waals surface area contributed by atoms with E-state index in [1.807, 2.05) is 13.1 Å². The summed E-state index contributed by atoms with van der Waals surface area (Å²) in [5, 5.41) is 3.41. The highest BCUT2D eigenvalue weighted by atomic mass is 79.9. The summed E-state index contributed by atoms with van der Waals surface area (Å²) < 4.78 is 1.04. The average Bonchev–Trinajstić information content (AvgIpc) is 2.08. The third kappa shape index (κ3) is 4.20. The van der Waals surface area contributed by atoms with Crippen LogP contribution in [-0.2, 0) is 0 Å². The van der Waals surface area contributed by atoms with E-state index in [1.54, 1.807) is 0 Å². The molecular weight excluding hydrogens is 252 g/mol. The first kappa shape index (κ1) is 12.5. The molecule has 0 spiro atoms. The summed E-state index contributed by atoms with van der Waals surface area (Å²) in [6, 6.07) is 2.54. The lowest BCUT2D eigenvalue weighted by Crippen LogP contribution is -2.18. The van der Waals surface area contributed by atoms with E-state index in [4.69, 9.17) is 0 Å². The third-order valence-electron chi connectivity index (χ3n) is 2.19. The van der Waals surface area contributed by atoms with Gasteiger partial charge in [-0.15, -0.1) is 0 Å². The number of halogens is 1. The summed E-state index contributed by atoms with van der Waals surface area (Å²) in [5.41, 5.74) is 1.17. The first-order valence-electron chi connectivity index (χ1n) is 5.37. The van der Waals surface area contributed by atoms with E-state index in [9.17, 15) is 0 Å². The van der Waals surface area contributed by atoms with Crippen LogP contribution < -0.4 is 5.32 Å². The molecule has 0 bridgehead atoms. The van der Waals surface area contributed by atoms with Crippen molar-refractivity contribution in [2.45, 2.75) is 40.2 Å². The highest BCUT2D eigenvalue weighted by molar-refractivity contribution is 9.10. The number of hydrogen-bond acceptors (Lipinski definition) is 2. The topological polar surface area (TPSA) is 24.9 Å². The molecule has 0 aromatic carbocycles. The van der Waals surface area contributed by atoms with Gasteiger partial charge in [0.25, 0.3) is 0 Å². The Kier molecular flexibility index (Phi) is 4.58. The molecule has 0 saturated heterocycles. The largest absolute Gasteiger partial charge is 0.367 e. The summed E-state index contributed by atoms with van der Waals surface area (Å²) in [7, 11) is 0. The van der Waals surface area contributed by atoms with E-state index in [0.29, 0.717) is 12.0 Å². The van der Waals surface area contributed by atoms with Gasteiger partial charge in [0.2, 0.25) is 0 Å². The fourth-order valence-corrected chi connectivity index (χ4v) is 2.22. The first-order valence-corrected chi connectivity index (χ1v) is 6.17. The Hall–Kier alpha value is -0.570. The Morgan fingerprint density at radius 1 is 1.40 bits per heavy atom. The fraction of sp³-hybridized carbons (Fsp3) is 0.583. The monoisotopic (exact) mass is 270 g/mol. The number of nitrogens with one attached hydrogen (secondary N) is 1. The summed E-state index contributed by atoms with van der Waals surface area (Å²) in [6.07, 6.45) is 3.04. The van der Waals surface area contributed by atoms with Crippen LogP contribution in [0, 0.1) is 12.8 Å². The first-order chi connectivity index (χ1) is 6.99. The van der Waals surface area contributed by atoms with Gasteiger partial charge in [0.05, 0.1) is 4.47 Å². The highest BCUT2D eigenvalue weighted by Crippen LogP contribution is 2.22. The number of anilines is 1. The number of rotatable bonds is 4. The molecule has 0 fully saturated rings. The SMILES string of the molecule is Cc1cnc(NC(C)CC(C)C)c(Br)c1. The number of aromatic nitrogens is 1. The van der Waals surface area contributed by atoms with E-state index in [0.717, 1.165) is 16.7 Å². The van der Waals surface area contributed by atoms with Gasteiger partial charge in [0.1, 0.15) is 5.82 Å². The van der Waals surface area contributed by atoms with Crippen LogP contribution in [0.4, 0.5) is 5.82 Å². The normalized spacial score (nSPS) is 12.9. The summed E-state index contributed by atoms with van der Waals surface area (Å²) in [6.45, 7) is 8.69. The van der Waals surface area contributed by atoms with E-state index in [2.05, 4.69) is 53.1 Å². The van der Waals surface area contributed by atoms with Crippen LogP contribution >= 0.6 is 15.9 Å². The van der Waals surface area contributed by atoms with E-state index in [-0.39, 0.29) is 0 Å². The van der Waals surface area contributed by atoms with Crippen molar-refractivity contribution < 1.29 is 0 Å². The zero-order valence-corrected chi connectivity index (χ0v) is 11.4. The molecule has 0 aliphatic heterocycles. The molecule has 1 unspecified atom stereocenters. The lowest BCUT2D eigenvalue weighted by molar-refractivity contribution is 0.538. The van der Waals surface area contributed by atoms with E-state index < -0.39 is 0 Å². The predicted octanol–water partition coefficient (Wildman–Crippen LogP) is 4.00. The van der Waals surface area contributed by atoms with Crippen LogP contribution in [0.2, 0.25) is 0 Å². The minimum atomic E-state index is 0.455. The molecule has 1 atom stereocenters. The van der Waals surface area contributed by atoms with Gasteiger partial charge in [-0.1, -0.05) is 13.8 Å². The van der Waals surface area contributed by atoms with Crippen LogP contribution in [0.3, 0.4) is 0 Å². The van der Waals surface area contributed by atoms with Gasteiger partial charge in [0.15, 0.2) is 0 Å². The van der Waals surface area contributed by atoms with Gasteiger partial charge in [-0.3, -0.25) is 0 Å². The van der Waals surface area contributed by atoms with Gasteiger partial charge >= 0.3 is 0 Å². The highest BCUT2D eigenvalue weighted by Gasteiger charge is 2.07. The maximum Gasteiger partial charge on any atom is 0.140 e. The second-order valence-corrected chi connectivity index (χ2v) is 5.37. The maximum atomic E-state index is 4.37. The fourth-order valence-electron chi connectivity index (χ4n) is 1.64. The zero-order chi connectivity index (χ0) is 11.4. The molecule has 3 heteroatoms. The van der Waals surface area contributed by atoms with Gasteiger partial charge < -0.3 is 5.32 Å². The van der Waals surface area contributed by atoms with Crippen molar-refractivity contribution >= 4 is 21.7 Å². The molecule has 2 nitrogen and oxygen atoms in total. The molecule has 15 heavy (non-hydrogen) atoms. The molecule has 0 radical (unpaired) electrons. The van der Waals surface area contributed by atoms with Crippen LogP contribution in [0.15, 0.2) is 16.7 Å². The Balaban J connectivity index is 2.64. The van der Waals surface area contributed by atoms with Crippen molar-refractivity contribution in [2.75, 3.05) is 5.32 Å². The maximum absolute atomic E-state index is 4.37. The average molecular weight is 271 g/mol. The lowest BCUT2D eigenvalue weighted by atomic mass is 10.1. The molecule has 1 rings (SSSR count). The zero-order valence-electron chi connectivity index (χ0n) is 9.84. The number of pyridine rings is 1. The number of aryl methyl sites for hydroxylation is 1. The molecule has 0 saturated carbocycles. The molecular formula is C12H19BrN2. The lowest BCUT2D eigenvalue weighted by Gasteiger charge is -2.17. The van der Waals surface area contributed by atoms with Crippen molar-refractivity contribution in [3.05, 3.63) is 22.3 Å². The van der Waals surface area contributed by atoms with E-state index in [1.165, 1.54) is 5.56 Å². The van der Waals surface area contributed by atoms with Gasteiger partial charge in [-0.25, -0.2) is 4.98 Å². The summed E-state index contributed by atoms with van der Waals surface area (Å²) >= 11 is 3.52. The second-order valence-electron chi connectivity index (χ2n) is 4.52. The quantitative estimate of drug-likeness (QED) is 0.895. The number of nitrogens with zero attached hydrogens (tertiary/aromatic N) is 1. The van der Waals surface area contributed by atoms with Crippen molar-refractivity contribution in [2.24, 2.45) is 5.92 Å². The van der Waals surface area contributed by atoms with Crippen molar-refractivity contribution in [3.8, 4) is 0 Å². The van der Waals surface area contributed by atoms with Crippen LogP contribution in [0.1, 0.15) is 32.8 Å².